The van der Waals surface area contributed by atoms with Crippen LogP contribution in [0.2, 0.25) is 0 Å². The second-order valence-electron chi connectivity index (χ2n) is 5.82. The maximum absolute atomic E-state index is 5.49. The number of rotatable bonds is 7. The SMILES string of the molecule is COc1ccc([C@@H](C)NCc2ccnn2C)cc1Cn1cccn1. The van der Waals surface area contributed by atoms with Gasteiger partial charge in [-0.3, -0.25) is 9.36 Å². The second-order valence-corrected chi connectivity index (χ2v) is 5.82. The topological polar surface area (TPSA) is 56.9 Å². The monoisotopic (exact) mass is 325 g/mol. The van der Waals surface area contributed by atoms with Crippen LogP contribution in [0.25, 0.3) is 0 Å². The summed E-state index contributed by atoms with van der Waals surface area (Å²) in [5, 5.41) is 12.0. The van der Waals surface area contributed by atoms with Gasteiger partial charge in [-0.1, -0.05) is 6.07 Å². The molecule has 1 atom stereocenters. The third kappa shape index (κ3) is 3.65. The highest BCUT2D eigenvalue weighted by Crippen LogP contribution is 2.24. The number of aryl methyl sites for hydroxylation is 1. The van der Waals surface area contributed by atoms with Crippen molar-refractivity contribution < 1.29 is 4.74 Å². The van der Waals surface area contributed by atoms with Crippen molar-refractivity contribution in [2.24, 2.45) is 7.05 Å². The van der Waals surface area contributed by atoms with Crippen LogP contribution in [0.3, 0.4) is 0 Å². The summed E-state index contributed by atoms with van der Waals surface area (Å²) < 4.78 is 9.27. The Morgan fingerprint density at radius 1 is 1.21 bits per heavy atom. The zero-order valence-electron chi connectivity index (χ0n) is 14.3. The zero-order chi connectivity index (χ0) is 16.9. The molecule has 1 aromatic carbocycles. The number of benzene rings is 1. The molecule has 6 heteroatoms. The number of hydrogen-bond donors (Lipinski definition) is 1. The number of aromatic nitrogens is 4. The molecule has 3 rings (SSSR count). The Morgan fingerprint density at radius 3 is 2.75 bits per heavy atom. The Balaban J connectivity index is 1.73. The number of ether oxygens (including phenoxy) is 1. The lowest BCUT2D eigenvalue weighted by Gasteiger charge is -2.17. The fourth-order valence-corrected chi connectivity index (χ4v) is 2.71. The molecule has 3 aromatic rings. The smallest absolute Gasteiger partial charge is 0.123 e. The average Bonchev–Trinajstić information content (AvgIpc) is 3.24. The molecular weight excluding hydrogens is 302 g/mol. The van der Waals surface area contributed by atoms with Gasteiger partial charge in [-0.05, 0) is 36.8 Å². The minimum absolute atomic E-state index is 0.224. The Labute approximate surface area is 142 Å². The molecule has 24 heavy (non-hydrogen) atoms. The molecule has 0 amide bonds. The van der Waals surface area contributed by atoms with E-state index in [4.69, 9.17) is 4.74 Å². The van der Waals surface area contributed by atoms with Gasteiger partial charge in [0.2, 0.25) is 0 Å². The predicted molar refractivity (Wildman–Crippen MR) is 92.8 cm³/mol. The van der Waals surface area contributed by atoms with Crippen LogP contribution in [-0.4, -0.2) is 26.7 Å². The second kappa shape index (κ2) is 7.31. The quantitative estimate of drug-likeness (QED) is 0.725. The summed E-state index contributed by atoms with van der Waals surface area (Å²) in [7, 11) is 3.66. The van der Waals surface area contributed by atoms with Gasteiger partial charge >= 0.3 is 0 Å². The molecule has 2 aromatic heterocycles. The van der Waals surface area contributed by atoms with Crippen molar-refractivity contribution in [3.63, 3.8) is 0 Å². The van der Waals surface area contributed by atoms with E-state index in [1.807, 2.05) is 47.0 Å². The van der Waals surface area contributed by atoms with Crippen LogP contribution in [0, 0.1) is 0 Å². The summed E-state index contributed by atoms with van der Waals surface area (Å²) in [6.07, 6.45) is 5.56. The van der Waals surface area contributed by atoms with Crippen molar-refractivity contribution in [2.75, 3.05) is 7.11 Å². The summed E-state index contributed by atoms with van der Waals surface area (Å²) in [4.78, 5) is 0. The maximum atomic E-state index is 5.49. The highest BCUT2D eigenvalue weighted by atomic mass is 16.5. The Bertz CT molecular complexity index is 779. The zero-order valence-corrected chi connectivity index (χ0v) is 14.3. The van der Waals surface area contributed by atoms with E-state index in [9.17, 15) is 0 Å². The van der Waals surface area contributed by atoms with E-state index in [0.29, 0.717) is 6.54 Å². The lowest BCUT2D eigenvalue weighted by molar-refractivity contribution is 0.406. The molecular formula is C18H23N5O. The number of hydrogen-bond acceptors (Lipinski definition) is 4. The van der Waals surface area contributed by atoms with Crippen molar-refractivity contribution in [1.29, 1.82) is 0 Å². The molecule has 0 aliphatic carbocycles. The first-order valence-corrected chi connectivity index (χ1v) is 8.02. The molecule has 0 saturated carbocycles. The van der Waals surface area contributed by atoms with E-state index in [-0.39, 0.29) is 6.04 Å². The highest BCUT2D eigenvalue weighted by Gasteiger charge is 2.11. The first-order valence-electron chi connectivity index (χ1n) is 8.02. The normalized spacial score (nSPS) is 12.3. The summed E-state index contributed by atoms with van der Waals surface area (Å²) in [5.74, 6) is 0.882. The molecule has 0 fully saturated rings. The fraction of sp³-hybridized carbons (Fsp3) is 0.333. The summed E-state index contributed by atoms with van der Waals surface area (Å²) >= 11 is 0. The van der Waals surface area contributed by atoms with Gasteiger partial charge in [0.1, 0.15) is 5.75 Å². The van der Waals surface area contributed by atoms with E-state index in [0.717, 1.165) is 23.6 Å². The number of methoxy groups -OCH3 is 1. The number of nitrogens with zero attached hydrogens (tertiary/aromatic N) is 4. The maximum Gasteiger partial charge on any atom is 0.123 e. The van der Waals surface area contributed by atoms with Gasteiger partial charge in [0.25, 0.3) is 0 Å². The van der Waals surface area contributed by atoms with E-state index in [2.05, 4.69) is 34.6 Å². The largest absolute Gasteiger partial charge is 0.496 e. The number of nitrogens with one attached hydrogen (secondary N) is 1. The third-order valence-corrected chi connectivity index (χ3v) is 4.21. The molecule has 0 unspecified atom stereocenters. The van der Waals surface area contributed by atoms with Gasteiger partial charge < -0.3 is 10.1 Å². The van der Waals surface area contributed by atoms with Crippen LogP contribution >= 0.6 is 0 Å². The fourth-order valence-electron chi connectivity index (χ4n) is 2.71. The molecule has 1 N–H and O–H groups in total. The van der Waals surface area contributed by atoms with Gasteiger partial charge in [-0.25, -0.2) is 0 Å². The first kappa shape index (κ1) is 16.3. The van der Waals surface area contributed by atoms with Crippen molar-refractivity contribution in [3.8, 4) is 5.75 Å². The van der Waals surface area contributed by atoms with E-state index < -0.39 is 0 Å². The lowest BCUT2D eigenvalue weighted by Crippen LogP contribution is -2.20. The van der Waals surface area contributed by atoms with Crippen molar-refractivity contribution in [2.45, 2.75) is 26.1 Å². The molecule has 126 valence electrons. The Morgan fingerprint density at radius 2 is 2.08 bits per heavy atom. The van der Waals surface area contributed by atoms with E-state index in [1.165, 1.54) is 5.56 Å². The summed E-state index contributed by atoms with van der Waals surface area (Å²) in [5.41, 5.74) is 3.50. The highest BCUT2D eigenvalue weighted by molar-refractivity contribution is 5.38. The summed E-state index contributed by atoms with van der Waals surface area (Å²) in [6, 6.07) is 10.5. The van der Waals surface area contributed by atoms with Crippen LogP contribution in [0.4, 0.5) is 0 Å². The van der Waals surface area contributed by atoms with Crippen LogP contribution in [-0.2, 0) is 20.1 Å². The van der Waals surface area contributed by atoms with E-state index in [1.54, 1.807) is 13.3 Å². The van der Waals surface area contributed by atoms with Gasteiger partial charge in [0.05, 0.1) is 19.3 Å². The van der Waals surface area contributed by atoms with Gasteiger partial charge in [-0.2, -0.15) is 10.2 Å². The minimum Gasteiger partial charge on any atom is -0.496 e. The van der Waals surface area contributed by atoms with Gasteiger partial charge in [0.15, 0.2) is 0 Å². The van der Waals surface area contributed by atoms with Crippen LogP contribution in [0.1, 0.15) is 29.8 Å². The van der Waals surface area contributed by atoms with Crippen LogP contribution in [0.5, 0.6) is 5.75 Å². The average molecular weight is 325 g/mol. The van der Waals surface area contributed by atoms with Crippen LogP contribution < -0.4 is 10.1 Å². The molecule has 2 heterocycles. The molecule has 0 radical (unpaired) electrons. The molecule has 0 saturated heterocycles. The molecule has 0 aliphatic heterocycles. The first-order chi connectivity index (χ1) is 11.7. The Kier molecular flexibility index (Phi) is 4.96. The van der Waals surface area contributed by atoms with Crippen molar-refractivity contribution >= 4 is 0 Å². The lowest BCUT2D eigenvalue weighted by atomic mass is 10.0. The van der Waals surface area contributed by atoms with Crippen LogP contribution in [0.15, 0.2) is 48.9 Å². The molecule has 6 nitrogen and oxygen atoms in total. The van der Waals surface area contributed by atoms with E-state index >= 15 is 0 Å². The predicted octanol–water partition coefficient (Wildman–Crippen LogP) is 2.52. The molecule has 0 spiro atoms. The molecule has 0 bridgehead atoms. The standard InChI is InChI=1S/C18H23N5O/c1-14(19-12-17-7-9-20-22(17)2)15-5-6-18(24-3)16(11-15)13-23-10-4-8-21-23/h4-11,14,19H,12-13H2,1-3H3/t14-/m1/s1. The van der Waals surface area contributed by atoms with Gasteiger partial charge in [-0.15, -0.1) is 0 Å². The Hall–Kier alpha value is -2.60. The van der Waals surface area contributed by atoms with Crippen molar-refractivity contribution in [3.05, 3.63) is 65.7 Å². The third-order valence-electron chi connectivity index (χ3n) is 4.21. The molecule has 0 aliphatic rings. The van der Waals surface area contributed by atoms with Gasteiger partial charge in [0, 0.05) is 43.8 Å². The summed E-state index contributed by atoms with van der Waals surface area (Å²) in [6.45, 7) is 3.63. The minimum atomic E-state index is 0.224. The van der Waals surface area contributed by atoms with Crippen molar-refractivity contribution in [1.82, 2.24) is 24.9 Å².